The Morgan fingerprint density at radius 3 is 2.52 bits per heavy atom. The van der Waals surface area contributed by atoms with E-state index in [9.17, 15) is 9.90 Å². The fraction of sp³-hybridized carbons (Fsp3) is 0.611. The number of hydrogen-bond acceptors (Lipinski definition) is 4. The zero-order valence-electron chi connectivity index (χ0n) is 15.1. The highest BCUT2D eigenvalue weighted by atomic mass is 16.6. The lowest BCUT2D eigenvalue weighted by Crippen LogP contribution is -2.43. The van der Waals surface area contributed by atoms with Crippen LogP contribution in [0.5, 0.6) is 5.75 Å². The van der Waals surface area contributed by atoms with Crippen molar-refractivity contribution in [2.24, 2.45) is 0 Å². The number of hydrogen-bond donors (Lipinski definition) is 3. The third kappa shape index (κ3) is 6.91. The minimum atomic E-state index is -0.500. The summed E-state index contributed by atoms with van der Waals surface area (Å²) in [6.45, 7) is 12.0. The second kappa shape index (κ2) is 8.20. The molecule has 2 unspecified atom stereocenters. The van der Waals surface area contributed by atoms with Crippen molar-refractivity contribution in [3.63, 3.8) is 0 Å². The van der Waals surface area contributed by atoms with Crippen LogP contribution in [-0.4, -0.2) is 29.4 Å². The summed E-state index contributed by atoms with van der Waals surface area (Å²) in [6, 6.07) is 5.75. The number of phenols is 1. The van der Waals surface area contributed by atoms with Crippen LogP contribution >= 0.6 is 0 Å². The smallest absolute Gasteiger partial charge is 0.407 e. The Balaban J connectivity index is 2.57. The molecule has 3 N–H and O–H groups in total. The molecule has 0 aromatic heterocycles. The lowest BCUT2D eigenvalue weighted by Gasteiger charge is -2.25. The van der Waals surface area contributed by atoms with Crippen molar-refractivity contribution in [2.75, 3.05) is 6.54 Å². The molecular formula is C18H30N2O3. The molecular weight excluding hydrogens is 292 g/mol. The van der Waals surface area contributed by atoms with E-state index in [1.807, 2.05) is 46.8 Å². The molecule has 5 heteroatoms. The number of aryl methyl sites for hydroxylation is 1. The zero-order valence-corrected chi connectivity index (χ0v) is 15.1. The van der Waals surface area contributed by atoms with Gasteiger partial charge in [-0.25, -0.2) is 4.79 Å². The van der Waals surface area contributed by atoms with Crippen molar-refractivity contribution >= 4 is 6.09 Å². The molecule has 0 fully saturated rings. The highest BCUT2D eigenvalue weighted by molar-refractivity contribution is 5.67. The van der Waals surface area contributed by atoms with Crippen molar-refractivity contribution < 1.29 is 14.6 Å². The van der Waals surface area contributed by atoms with Gasteiger partial charge in [0.25, 0.3) is 0 Å². The predicted molar refractivity (Wildman–Crippen MR) is 92.7 cm³/mol. The van der Waals surface area contributed by atoms with E-state index in [0.29, 0.717) is 12.3 Å². The molecule has 0 heterocycles. The number of rotatable bonds is 6. The standard InChI is InChI=1S/C18H30N2O3/c1-7-14(11-19-17(22)23-18(4,5)6)20-13(3)15-9-8-12(2)10-16(15)21/h8-10,13-14,20-21H,7,11H2,1-6H3,(H,19,22). The Morgan fingerprint density at radius 1 is 1.35 bits per heavy atom. The second-order valence-electron chi connectivity index (χ2n) is 6.94. The summed E-state index contributed by atoms with van der Waals surface area (Å²) >= 11 is 0. The van der Waals surface area contributed by atoms with Gasteiger partial charge in [-0.2, -0.15) is 0 Å². The fourth-order valence-electron chi connectivity index (χ4n) is 2.31. The molecule has 1 aromatic carbocycles. The number of phenolic OH excluding ortho intramolecular Hbond substituents is 1. The summed E-state index contributed by atoms with van der Waals surface area (Å²) in [7, 11) is 0. The summed E-state index contributed by atoms with van der Waals surface area (Å²) in [4.78, 5) is 11.7. The van der Waals surface area contributed by atoms with Gasteiger partial charge in [-0.05, 0) is 52.7 Å². The van der Waals surface area contributed by atoms with Gasteiger partial charge in [-0.1, -0.05) is 19.1 Å². The van der Waals surface area contributed by atoms with E-state index in [-0.39, 0.29) is 12.1 Å². The summed E-state index contributed by atoms with van der Waals surface area (Å²) < 4.78 is 5.24. The number of carbonyl (C=O) groups is 1. The monoisotopic (exact) mass is 322 g/mol. The van der Waals surface area contributed by atoms with Crippen LogP contribution in [0.3, 0.4) is 0 Å². The SMILES string of the molecule is CCC(CNC(=O)OC(C)(C)C)NC(C)c1ccc(C)cc1O. The summed E-state index contributed by atoms with van der Waals surface area (Å²) in [5, 5.41) is 16.3. The van der Waals surface area contributed by atoms with Crippen molar-refractivity contribution in [1.29, 1.82) is 0 Å². The molecule has 130 valence electrons. The molecule has 0 aliphatic rings. The van der Waals surface area contributed by atoms with E-state index in [1.165, 1.54) is 0 Å². The van der Waals surface area contributed by atoms with E-state index in [1.54, 1.807) is 6.07 Å². The Hall–Kier alpha value is -1.75. The molecule has 0 aliphatic carbocycles. The second-order valence-corrected chi connectivity index (χ2v) is 6.94. The number of amides is 1. The van der Waals surface area contributed by atoms with Crippen LogP contribution in [0.25, 0.3) is 0 Å². The van der Waals surface area contributed by atoms with Gasteiger partial charge in [0, 0.05) is 24.2 Å². The van der Waals surface area contributed by atoms with Crippen LogP contribution in [0.15, 0.2) is 18.2 Å². The van der Waals surface area contributed by atoms with Gasteiger partial charge in [-0.15, -0.1) is 0 Å². The quantitative estimate of drug-likeness (QED) is 0.747. The molecule has 0 radical (unpaired) electrons. The van der Waals surface area contributed by atoms with Crippen LogP contribution in [-0.2, 0) is 4.74 Å². The van der Waals surface area contributed by atoms with E-state index in [4.69, 9.17) is 4.74 Å². The lowest BCUT2D eigenvalue weighted by atomic mass is 10.0. The molecule has 0 saturated carbocycles. The van der Waals surface area contributed by atoms with Crippen LogP contribution in [0, 0.1) is 6.92 Å². The fourth-order valence-corrected chi connectivity index (χ4v) is 2.31. The summed E-state index contributed by atoms with van der Waals surface area (Å²) in [6.07, 6.45) is 0.441. The van der Waals surface area contributed by atoms with Crippen LogP contribution in [0.1, 0.15) is 58.2 Å². The van der Waals surface area contributed by atoms with Crippen LogP contribution in [0.2, 0.25) is 0 Å². The first-order valence-corrected chi connectivity index (χ1v) is 8.14. The maximum Gasteiger partial charge on any atom is 0.407 e. The van der Waals surface area contributed by atoms with Gasteiger partial charge >= 0.3 is 6.09 Å². The molecule has 5 nitrogen and oxygen atoms in total. The Labute approximate surface area is 139 Å². The maximum atomic E-state index is 11.7. The van der Waals surface area contributed by atoms with E-state index < -0.39 is 11.7 Å². The third-order valence-corrected chi connectivity index (χ3v) is 3.52. The molecule has 1 aromatic rings. The van der Waals surface area contributed by atoms with Gasteiger partial charge in [0.15, 0.2) is 0 Å². The van der Waals surface area contributed by atoms with Gasteiger partial charge < -0.3 is 20.5 Å². The highest BCUT2D eigenvalue weighted by Gasteiger charge is 2.18. The summed E-state index contributed by atoms with van der Waals surface area (Å²) in [5.41, 5.74) is 1.38. The lowest BCUT2D eigenvalue weighted by molar-refractivity contribution is 0.0521. The minimum absolute atomic E-state index is 0.0130. The number of alkyl carbamates (subject to hydrolysis) is 1. The zero-order chi connectivity index (χ0) is 17.6. The number of benzene rings is 1. The Kier molecular flexibility index (Phi) is 6.88. The Morgan fingerprint density at radius 2 is 2.00 bits per heavy atom. The molecule has 2 atom stereocenters. The maximum absolute atomic E-state index is 11.7. The molecule has 1 rings (SSSR count). The first-order chi connectivity index (χ1) is 10.6. The molecule has 0 bridgehead atoms. The largest absolute Gasteiger partial charge is 0.508 e. The van der Waals surface area contributed by atoms with Crippen molar-refractivity contribution in [1.82, 2.24) is 10.6 Å². The van der Waals surface area contributed by atoms with E-state index in [0.717, 1.165) is 17.5 Å². The van der Waals surface area contributed by atoms with Crippen molar-refractivity contribution in [2.45, 2.75) is 65.6 Å². The van der Waals surface area contributed by atoms with Crippen LogP contribution < -0.4 is 10.6 Å². The molecule has 1 amide bonds. The number of nitrogens with one attached hydrogen (secondary N) is 2. The van der Waals surface area contributed by atoms with E-state index in [2.05, 4.69) is 17.6 Å². The number of aromatic hydroxyl groups is 1. The summed E-state index contributed by atoms with van der Waals surface area (Å²) in [5.74, 6) is 0.292. The first kappa shape index (κ1) is 19.3. The average Bonchev–Trinajstić information content (AvgIpc) is 2.41. The van der Waals surface area contributed by atoms with Gasteiger partial charge in [-0.3, -0.25) is 0 Å². The Bertz CT molecular complexity index is 523. The molecule has 0 saturated heterocycles. The number of ether oxygens (including phenoxy) is 1. The average molecular weight is 322 g/mol. The molecule has 0 aliphatic heterocycles. The predicted octanol–water partition coefficient (Wildman–Crippen LogP) is 3.65. The highest BCUT2D eigenvalue weighted by Crippen LogP contribution is 2.25. The normalized spacial score (nSPS) is 14.2. The van der Waals surface area contributed by atoms with E-state index >= 15 is 0 Å². The van der Waals surface area contributed by atoms with Gasteiger partial charge in [0.1, 0.15) is 11.4 Å². The third-order valence-electron chi connectivity index (χ3n) is 3.52. The van der Waals surface area contributed by atoms with Crippen molar-refractivity contribution in [3.05, 3.63) is 29.3 Å². The van der Waals surface area contributed by atoms with Crippen molar-refractivity contribution in [3.8, 4) is 5.75 Å². The minimum Gasteiger partial charge on any atom is -0.508 e. The molecule has 23 heavy (non-hydrogen) atoms. The van der Waals surface area contributed by atoms with Crippen LogP contribution in [0.4, 0.5) is 4.79 Å². The van der Waals surface area contributed by atoms with Gasteiger partial charge in [0.05, 0.1) is 0 Å². The molecule has 0 spiro atoms. The first-order valence-electron chi connectivity index (χ1n) is 8.14. The topological polar surface area (TPSA) is 70.6 Å². The van der Waals surface area contributed by atoms with Gasteiger partial charge in [0.2, 0.25) is 0 Å². The number of carbonyl (C=O) groups excluding carboxylic acids is 1.